The molecular weight excluding hydrogens is 410 g/mol. The van der Waals surface area contributed by atoms with Crippen LogP contribution >= 0.6 is 12.4 Å². The van der Waals surface area contributed by atoms with Crippen LogP contribution in [0.4, 0.5) is 0 Å². The molecular formula is C25H38ClN3O2. The summed E-state index contributed by atoms with van der Waals surface area (Å²) in [6, 6.07) is 6.84. The fraction of sp³-hybridized carbons (Fsp3) is 0.640. The Morgan fingerprint density at radius 3 is 2.71 bits per heavy atom. The molecule has 0 spiro atoms. The molecule has 0 bridgehead atoms. The molecule has 1 aromatic carbocycles. The first-order chi connectivity index (χ1) is 14.6. The largest absolute Gasteiger partial charge is 0.495 e. The summed E-state index contributed by atoms with van der Waals surface area (Å²) in [7, 11) is 1.72. The molecule has 2 unspecified atom stereocenters. The summed E-state index contributed by atoms with van der Waals surface area (Å²) in [6.45, 7) is 8.35. The predicted molar refractivity (Wildman–Crippen MR) is 130 cm³/mol. The third-order valence-electron chi connectivity index (χ3n) is 7.18. The zero-order valence-electron chi connectivity index (χ0n) is 19.2. The highest BCUT2D eigenvalue weighted by Crippen LogP contribution is 2.33. The summed E-state index contributed by atoms with van der Waals surface area (Å²) >= 11 is 0. The molecule has 0 radical (unpaired) electrons. The van der Waals surface area contributed by atoms with Gasteiger partial charge >= 0.3 is 0 Å². The molecule has 0 amide bonds. The Kier molecular flexibility index (Phi) is 8.43. The number of ether oxygens (including phenoxy) is 1. The van der Waals surface area contributed by atoms with E-state index in [0.717, 1.165) is 48.4 Å². The van der Waals surface area contributed by atoms with Gasteiger partial charge in [-0.15, -0.1) is 12.4 Å². The van der Waals surface area contributed by atoms with Crippen LogP contribution in [0.1, 0.15) is 62.7 Å². The Morgan fingerprint density at radius 1 is 1.23 bits per heavy atom. The van der Waals surface area contributed by atoms with Gasteiger partial charge < -0.3 is 14.6 Å². The summed E-state index contributed by atoms with van der Waals surface area (Å²) in [5, 5.41) is 4.62. The number of carbonyl (C=O) groups excluding carboxylic acids is 1. The SMILES string of the molecule is CCN1CC(CC(=O)c2cn(CC3CCCCC3)c3c(OC)cccc23)NCC1C.Cl. The quantitative estimate of drug-likeness (QED) is 0.613. The number of piperazine rings is 1. The van der Waals surface area contributed by atoms with E-state index in [-0.39, 0.29) is 24.2 Å². The van der Waals surface area contributed by atoms with Crippen molar-refractivity contribution in [1.29, 1.82) is 0 Å². The molecule has 1 N–H and O–H groups in total. The molecule has 2 atom stereocenters. The third-order valence-corrected chi connectivity index (χ3v) is 7.18. The molecule has 2 heterocycles. The number of Topliss-reactive ketones (excluding diaryl/α,β-unsaturated/α-hetero) is 1. The van der Waals surface area contributed by atoms with Gasteiger partial charge in [-0.1, -0.05) is 38.3 Å². The number of ketones is 1. The van der Waals surface area contributed by atoms with Crippen molar-refractivity contribution >= 4 is 29.1 Å². The van der Waals surface area contributed by atoms with Crippen LogP contribution in [0.15, 0.2) is 24.4 Å². The van der Waals surface area contributed by atoms with Gasteiger partial charge in [0.25, 0.3) is 0 Å². The van der Waals surface area contributed by atoms with Crippen molar-refractivity contribution < 1.29 is 9.53 Å². The number of nitrogens with one attached hydrogen (secondary N) is 1. The number of hydrogen-bond acceptors (Lipinski definition) is 4. The Balaban J connectivity index is 0.00000272. The van der Waals surface area contributed by atoms with E-state index >= 15 is 0 Å². The number of aromatic nitrogens is 1. The first kappa shape index (κ1) is 24.1. The first-order valence-corrected chi connectivity index (χ1v) is 11.8. The summed E-state index contributed by atoms with van der Waals surface area (Å²) in [5.74, 6) is 1.80. The lowest BCUT2D eigenvalue weighted by Crippen LogP contribution is -2.55. The summed E-state index contributed by atoms with van der Waals surface area (Å²) in [4.78, 5) is 15.9. The lowest BCUT2D eigenvalue weighted by Gasteiger charge is -2.38. The van der Waals surface area contributed by atoms with Crippen molar-refractivity contribution in [2.45, 2.75) is 71.0 Å². The monoisotopic (exact) mass is 447 g/mol. The molecule has 1 aliphatic heterocycles. The van der Waals surface area contributed by atoms with Gasteiger partial charge in [-0.2, -0.15) is 0 Å². The minimum Gasteiger partial charge on any atom is -0.495 e. The van der Waals surface area contributed by atoms with Crippen LogP contribution in [0.25, 0.3) is 10.9 Å². The van der Waals surface area contributed by atoms with E-state index in [0.29, 0.717) is 18.4 Å². The number of benzene rings is 1. The topological polar surface area (TPSA) is 46.5 Å². The minimum absolute atomic E-state index is 0. The lowest BCUT2D eigenvalue weighted by molar-refractivity contribution is 0.0920. The van der Waals surface area contributed by atoms with Gasteiger partial charge in [-0.3, -0.25) is 9.69 Å². The Bertz CT molecular complexity index is 875. The van der Waals surface area contributed by atoms with Crippen molar-refractivity contribution in [3.8, 4) is 5.75 Å². The van der Waals surface area contributed by atoms with E-state index in [1.807, 2.05) is 12.1 Å². The van der Waals surface area contributed by atoms with Crippen molar-refractivity contribution in [3.63, 3.8) is 0 Å². The van der Waals surface area contributed by atoms with Crippen molar-refractivity contribution in [3.05, 3.63) is 30.0 Å². The van der Waals surface area contributed by atoms with Crippen LogP contribution in [0.3, 0.4) is 0 Å². The zero-order valence-corrected chi connectivity index (χ0v) is 20.0. The molecule has 5 nitrogen and oxygen atoms in total. The second-order valence-electron chi connectivity index (χ2n) is 9.22. The van der Waals surface area contributed by atoms with E-state index in [2.05, 4.69) is 40.9 Å². The second kappa shape index (κ2) is 10.8. The van der Waals surface area contributed by atoms with E-state index in [1.54, 1.807) is 7.11 Å². The predicted octanol–water partition coefficient (Wildman–Crippen LogP) is 4.91. The molecule has 2 aliphatic rings. The highest BCUT2D eigenvalue weighted by atomic mass is 35.5. The highest BCUT2D eigenvalue weighted by molar-refractivity contribution is 6.09. The molecule has 2 fully saturated rings. The average Bonchev–Trinajstić information content (AvgIpc) is 3.14. The molecule has 172 valence electrons. The number of likely N-dealkylation sites (N-methyl/N-ethyl adjacent to an activating group) is 1. The number of nitrogens with zero attached hydrogens (tertiary/aromatic N) is 2. The summed E-state index contributed by atoms with van der Waals surface area (Å²) in [6.07, 6.45) is 9.23. The smallest absolute Gasteiger partial charge is 0.166 e. The zero-order chi connectivity index (χ0) is 21.1. The Labute approximate surface area is 192 Å². The molecule has 4 rings (SSSR count). The number of halogens is 1. The van der Waals surface area contributed by atoms with E-state index in [1.165, 1.54) is 32.1 Å². The number of para-hydroxylation sites is 1. The Hall–Kier alpha value is -1.56. The second-order valence-corrected chi connectivity index (χ2v) is 9.22. The van der Waals surface area contributed by atoms with Crippen LogP contribution in [0, 0.1) is 5.92 Å². The highest BCUT2D eigenvalue weighted by Gasteiger charge is 2.27. The van der Waals surface area contributed by atoms with Gasteiger partial charge in [0.2, 0.25) is 0 Å². The molecule has 1 saturated heterocycles. The summed E-state index contributed by atoms with van der Waals surface area (Å²) in [5.41, 5.74) is 1.93. The normalized spacial score (nSPS) is 22.9. The van der Waals surface area contributed by atoms with Crippen molar-refractivity contribution in [1.82, 2.24) is 14.8 Å². The molecule has 2 aromatic rings. The fourth-order valence-corrected chi connectivity index (χ4v) is 5.41. The average molecular weight is 448 g/mol. The van der Waals surface area contributed by atoms with Gasteiger partial charge in [-0.05, 0) is 38.3 Å². The number of methoxy groups -OCH3 is 1. The molecule has 1 aromatic heterocycles. The number of carbonyl (C=O) groups is 1. The van der Waals surface area contributed by atoms with Gasteiger partial charge in [0.15, 0.2) is 5.78 Å². The van der Waals surface area contributed by atoms with Crippen LogP contribution in [0.2, 0.25) is 0 Å². The van der Waals surface area contributed by atoms with Gasteiger partial charge in [-0.25, -0.2) is 0 Å². The molecule has 31 heavy (non-hydrogen) atoms. The first-order valence-electron chi connectivity index (χ1n) is 11.8. The molecule has 1 saturated carbocycles. The van der Waals surface area contributed by atoms with E-state index < -0.39 is 0 Å². The van der Waals surface area contributed by atoms with Crippen LogP contribution in [-0.2, 0) is 6.54 Å². The van der Waals surface area contributed by atoms with Crippen LogP contribution < -0.4 is 10.1 Å². The van der Waals surface area contributed by atoms with Crippen LogP contribution in [-0.4, -0.2) is 54.1 Å². The molecule has 6 heteroatoms. The number of rotatable bonds is 7. The Morgan fingerprint density at radius 2 is 2.00 bits per heavy atom. The fourth-order valence-electron chi connectivity index (χ4n) is 5.41. The van der Waals surface area contributed by atoms with Gasteiger partial charge in [0, 0.05) is 55.3 Å². The maximum Gasteiger partial charge on any atom is 0.166 e. The maximum atomic E-state index is 13.4. The van der Waals surface area contributed by atoms with Crippen molar-refractivity contribution in [2.75, 3.05) is 26.7 Å². The van der Waals surface area contributed by atoms with Gasteiger partial charge in [0.1, 0.15) is 5.75 Å². The lowest BCUT2D eigenvalue weighted by atomic mass is 9.89. The molecule has 1 aliphatic carbocycles. The van der Waals surface area contributed by atoms with Gasteiger partial charge in [0.05, 0.1) is 12.6 Å². The minimum atomic E-state index is 0. The van der Waals surface area contributed by atoms with E-state index in [9.17, 15) is 4.79 Å². The van der Waals surface area contributed by atoms with Crippen molar-refractivity contribution in [2.24, 2.45) is 5.92 Å². The van der Waals surface area contributed by atoms with E-state index in [4.69, 9.17) is 4.74 Å². The number of fused-ring (bicyclic) bond motifs is 1. The standard InChI is InChI=1S/C25H37N3O2.ClH/c1-4-27-16-20(26-14-18(27)2)13-23(29)22-17-28(15-19-9-6-5-7-10-19)25-21(22)11-8-12-24(25)30-3;/h8,11-12,17-20,26H,4-7,9-10,13-16H2,1-3H3;1H. The maximum absolute atomic E-state index is 13.4. The summed E-state index contributed by atoms with van der Waals surface area (Å²) < 4.78 is 7.99. The number of hydrogen-bond donors (Lipinski definition) is 1. The third kappa shape index (κ3) is 5.27. The van der Waals surface area contributed by atoms with Crippen LogP contribution in [0.5, 0.6) is 5.75 Å².